The molecule has 1 heteroatoms. The van der Waals surface area contributed by atoms with Crippen molar-refractivity contribution < 1.29 is 5.11 Å². The third-order valence-corrected chi connectivity index (χ3v) is 4.03. The summed E-state index contributed by atoms with van der Waals surface area (Å²) in [6, 6.07) is 0. The highest BCUT2D eigenvalue weighted by atomic mass is 16.3. The van der Waals surface area contributed by atoms with Crippen LogP contribution in [0.3, 0.4) is 0 Å². The zero-order chi connectivity index (χ0) is 11.3. The zero-order valence-corrected chi connectivity index (χ0v) is 10.8. The minimum atomic E-state index is -0.408. The van der Waals surface area contributed by atoms with Crippen LogP contribution in [0.15, 0.2) is 0 Å². The van der Waals surface area contributed by atoms with Gasteiger partial charge in [-0.15, -0.1) is 0 Å². The Hall–Kier alpha value is -0.0400. The molecule has 1 aliphatic rings. The van der Waals surface area contributed by atoms with Crippen LogP contribution in [0.2, 0.25) is 0 Å². The van der Waals surface area contributed by atoms with Crippen LogP contribution in [0, 0.1) is 11.8 Å². The molecule has 0 aromatic heterocycles. The van der Waals surface area contributed by atoms with Crippen molar-refractivity contribution in [2.75, 3.05) is 0 Å². The van der Waals surface area contributed by atoms with Gasteiger partial charge in [0.15, 0.2) is 0 Å². The lowest BCUT2D eigenvalue weighted by Crippen LogP contribution is -2.37. The van der Waals surface area contributed by atoms with Gasteiger partial charge in [0.2, 0.25) is 0 Å². The van der Waals surface area contributed by atoms with Crippen LogP contribution in [0.25, 0.3) is 0 Å². The van der Waals surface area contributed by atoms with E-state index < -0.39 is 5.60 Å². The molecule has 0 aliphatic heterocycles. The summed E-state index contributed by atoms with van der Waals surface area (Å²) in [5.41, 5.74) is -0.408. The molecule has 0 spiro atoms. The van der Waals surface area contributed by atoms with E-state index >= 15 is 0 Å². The summed E-state index contributed by atoms with van der Waals surface area (Å²) in [4.78, 5) is 0. The molecule has 90 valence electrons. The van der Waals surface area contributed by atoms with Crippen LogP contribution < -0.4 is 0 Å². The maximum Gasteiger partial charge on any atom is 0.0650 e. The molecular weight excluding hydrogens is 184 g/mol. The molecule has 2 unspecified atom stereocenters. The summed E-state index contributed by atoms with van der Waals surface area (Å²) >= 11 is 0. The number of hydrogen-bond donors (Lipinski definition) is 1. The lowest BCUT2D eigenvalue weighted by Gasteiger charge is -2.37. The summed E-state index contributed by atoms with van der Waals surface area (Å²) < 4.78 is 0. The van der Waals surface area contributed by atoms with Gasteiger partial charge in [0, 0.05) is 0 Å². The van der Waals surface area contributed by atoms with Crippen LogP contribution in [0.4, 0.5) is 0 Å². The summed E-state index contributed by atoms with van der Waals surface area (Å²) in [5.74, 6) is 1.23. The number of aliphatic hydroxyl groups is 1. The predicted octanol–water partition coefficient (Wildman–Crippen LogP) is 4.14. The van der Waals surface area contributed by atoms with Gasteiger partial charge in [-0.25, -0.2) is 0 Å². The van der Waals surface area contributed by atoms with Crippen LogP contribution in [0.1, 0.15) is 72.1 Å². The number of rotatable bonds is 5. The van der Waals surface area contributed by atoms with Crippen LogP contribution in [-0.2, 0) is 0 Å². The SMILES string of the molecule is CCCC(C)CC(C)(O)C1CCCCC1. The summed E-state index contributed by atoms with van der Waals surface area (Å²) in [6.45, 7) is 6.57. The minimum Gasteiger partial charge on any atom is -0.390 e. The van der Waals surface area contributed by atoms with E-state index in [-0.39, 0.29) is 0 Å². The highest BCUT2D eigenvalue weighted by molar-refractivity contribution is 4.85. The Kier molecular flexibility index (Phi) is 5.11. The van der Waals surface area contributed by atoms with Gasteiger partial charge in [0.25, 0.3) is 0 Å². The second-order valence-electron chi connectivity index (χ2n) is 5.79. The van der Waals surface area contributed by atoms with Crippen LogP contribution in [-0.4, -0.2) is 10.7 Å². The van der Waals surface area contributed by atoms with Crippen molar-refractivity contribution >= 4 is 0 Å². The first-order valence-electron chi connectivity index (χ1n) is 6.78. The highest BCUT2D eigenvalue weighted by Gasteiger charge is 2.33. The molecular formula is C14H28O. The topological polar surface area (TPSA) is 20.2 Å². The Bertz CT molecular complexity index is 168. The van der Waals surface area contributed by atoms with Crippen molar-refractivity contribution in [2.24, 2.45) is 11.8 Å². The molecule has 1 N–H and O–H groups in total. The van der Waals surface area contributed by atoms with Crippen molar-refractivity contribution in [3.63, 3.8) is 0 Å². The number of hydrogen-bond acceptors (Lipinski definition) is 1. The predicted molar refractivity (Wildman–Crippen MR) is 65.9 cm³/mol. The smallest absolute Gasteiger partial charge is 0.0650 e. The van der Waals surface area contributed by atoms with Gasteiger partial charge < -0.3 is 5.11 Å². The van der Waals surface area contributed by atoms with Crippen LogP contribution in [0.5, 0.6) is 0 Å². The van der Waals surface area contributed by atoms with E-state index in [9.17, 15) is 5.11 Å². The third kappa shape index (κ3) is 4.14. The Labute approximate surface area is 95.3 Å². The van der Waals surface area contributed by atoms with Gasteiger partial charge in [0.05, 0.1) is 5.60 Å². The van der Waals surface area contributed by atoms with E-state index in [1.807, 2.05) is 0 Å². The summed E-state index contributed by atoms with van der Waals surface area (Å²) in [6.07, 6.45) is 9.98. The molecule has 1 fully saturated rings. The van der Waals surface area contributed by atoms with Gasteiger partial charge in [-0.2, -0.15) is 0 Å². The van der Waals surface area contributed by atoms with Crippen LogP contribution >= 0.6 is 0 Å². The van der Waals surface area contributed by atoms with Gasteiger partial charge in [-0.3, -0.25) is 0 Å². The summed E-state index contributed by atoms with van der Waals surface area (Å²) in [7, 11) is 0. The molecule has 0 aromatic rings. The monoisotopic (exact) mass is 212 g/mol. The molecule has 1 rings (SSSR count). The highest BCUT2D eigenvalue weighted by Crippen LogP contribution is 2.36. The third-order valence-electron chi connectivity index (χ3n) is 4.03. The molecule has 1 saturated carbocycles. The second-order valence-corrected chi connectivity index (χ2v) is 5.79. The molecule has 0 radical (unpaired) electrons. The Balaban J connectivity index is 2.41. The van der Waals surface area contributed by atoms with Gasteiger partial charge >= 0.3 is 0 Å². The first kappa shape index (κ1) is 13.0. The van der Waals surface area contributed by atoms with E-state index in [1.165, 1.54) is 44.9 Å². The van der Waals surface area contributed by atoms with E-state index in [0.29, 0.717) is 11.8 Å². The molecule has 0 bridgehead atoms. The van der Waals surface area contributed by atoms with E-state index in [4.69, 9.17) is 0 Å². The molecule has 0 aromatic carbocycles. The fourth-order valence-electron chi connectivity index (χ4n) is 3.19. The van der Waals surface area contributed by atoms with Crippen molar-refractivity contribution in [3.05, 3.63) is 0 Å². The van der Waals surface area contributed by atoms with Crippen molar-refractivity contribution in [1.82, 2.24) is 0 Å². The van der Waals surface area contributed by atoms with E-state index in [2.05, 4.69) is 20.8 Å². The Morgan fingerprint density at radius 3 is 2.40 bits per heavy atom. The molecule has 2 atom stereocenters. The normalized spacial score (nSPS) is 24.8. The molecule has 1 aliphatic carbocycles. The molecule has 1 nitrogen and oxygen atoms in total. The summed E-state index contributed by atoms with van der Waals surface area (Å²) in [5, 5.41) is 10.5. The molecule has 15 heavy (non-hydrogen) atoms. The van der Waals surface area contributed by atoms with Crippen molar-refractivity contribution in [2.45, 2.75) is 77.7 Å². The minimum absolute atomic E-state index is 0.408. The fraction of sp³-hybridized carbons (Fsp3) is 1.00. The standard InChI is InChI=1S/C14H28O/c1-4-8-12(2)11-14(3,15)13-9-6-5-7-10-13/h12-13,15H,4-11H2,1-3H3. The Morgan fingerprint density at radius 2 is 1.87 bits per heavy atom. The van der Waals surface area contributed by atoms with Gasteiger partial charge in [0.1, 0.15) is 0 Å². The lowest BCUT2D eigenvalue weighted by molar-refractivity contribution is -0.0350. The van der Waals surface area contributed by atoms with Gasteiger partial charge in [-0.1, -0.05) is 46.0 Å². The zero-order valence-electron chi connectivity index (χ0n) is 10.8. The fourth-order valence-corrected chi connectivity index (χ4v) is 3.19. The maximum atomic E-state index is 10.5. The molecule has 0 heterocycles. The van der Waals surface area contributed by atoms with Crippen molar-refractivity contribution in [1.29, 1.82) is 0 Å². The first-order chi connectivity index (χ1) is 7.06. The van der Waals surface area contributed by atoms with Gasteiger partial charge in [-0.05, 0) is 38.0 Å². The molecule has 0 saturated heterocycles. The maximum absolute atomic E-state index is 10.5. The van der Waals surface area contributed by atoms with E-state index in [1.54, 1.807) is 0 Å². The van der Waals surface area contributed by atoms with E-state index in [0.717, 1.165) is 6.42 Å². The quantitative estimate of drug-likeness (QED) is 0.726. The lowest BCUT2D eigenvalue weighted by atomic mass is 9.74. The Morgan fingerprint density at radius 1 is 1.27 bits per heavy atom. The average Bonchev–Trinajstić information content (AvgIpc) is 2.18. The first-order valence-corrected chi connectivity index (χ1v) is 6.78. The largest absolute Gasteiger partial charge is 0.390 e. The average molecular weight is 212 g/mol. The van der Waals surface area contributed by atoms with Crippen molar-refractivity contribution in [3.8, 4) is 0 Å². The second kappa shape index (κ2) is 5.89. The molecule has 0 amide bonds.